The van der Waals surface area contributed by atoms with Gasteiger partial charge < -0.3 is 25.4 Å². The van der Waals surface area contributed by atoms with E-state index in [2.05, 4.69) is 10.6 Å². The van der Waals surface area contributed by atoms with E-state index in [0.29, 0.717) is 12.1 Å². The number of rotatable bonds is 9. The number of likely N-dealkylation sites (N-methyl/N-ethyl adjacent to an activating group) is 1. The number of carbonyl (C=O) groups excluding carboxylic acids is 3. The van der Waals surface area contributed by atoms with Crippen LogP contribution in [0.1, 0.15) is 50.4 Å². The van der Waals surface area contributed by atoms with E-state index in [1.54, 1.807) is 20.8 Å². The number of carbonyl (C=O) groups is 3. The fourth-order valence-corrected chi connectivity index (χ4v) is 3.38. The summed E-state index contributed by atoms with van der Waals surface area (Å²) in [6.07, 6.45) is 0.0115. The normalized spacial score (nSPS) is 12.9. The van der Waals surface area contributed by atoms with E-state index in [-0.39, 0.29) is 5.91 Å². The molecule has 0 heterocycles. The predicted octanol–water partition coefficient (Wildman–Crippen LogP) is 2.95. The van der Waals surface area contributed by atoms with Gasteiger partial charge in [0.15, 0.2) is 0 Å². The average molecular weight is 470 g/mol. The zero-order valence-corrected chi connectivity index (χ0v) is 20.5. The minimum atomic E-state index is -1.26. The topological polar surface area (TPSA) is 108 Å². The number of hydrogen-bond acceptors (Lipinski definition) is 5. The van der Waals surface area contributed by atoms with Gasteiger partial charge in [-0.25, -0.2) is 4.79 Å². The van der Waals surface area contributed by atoms with Crippen molar-refractivity contribution in [2.24, 2.45) is 0 Å². The Balaban J connectivity index is 2.25. The Kier molecular flexibility index (Phi) is 9.62. The van der Waals surface area contributed by atoms with Crippen LogP contribution in [-0.2, 0) is 27.3 Å². The fourth-order valence-electron chi connectivity index (χ4n) is 3.38. The standard InChI is InChI=1S/C26H35N3O5/c1-6-18-12-14-20(15-13-18)22(23(31)27-16-19-10-8-7-9-11-19)29(5)24(32)21(17-30)28-25(33)34-26(2,3)4/h7-15,21-22,30H,6,16-17H2,1-5H3,(H,27,31)(H,28,33). The van der Waals surface area contributed by atoms with Crippen molar-refractivity contribution in [2.45, 2.75) is 58.3 Å². The fraction of sp³-hybridized carbons (Fsp3) is 0.423. The number of amides is 3. The maximum absolute atomic E-state index is 13.3. The molecule has 3 amide bonds. The number of aryl methyl sites for hydroxylation is 1. The van der Waals surface area contributed by atoms with Gasteiger partial charge in [0.25, 0.3) is 0 Å². The van der Waals surface area contributed by atoms with Gasteiger partial charge in [0.1, 0.15) is 17.7 Å². The summed E-state index contributed by atoms with van der Waals surface area (Å²) in [5.74, 6) is -0.995. The van der Waals surface area contributed by atoms with Gasteiger partial charge in [-0.2, -0.15) is 0 Å². The molecule has 8 heteroatoms. The van der Waals surface area contributed by atoms with E-state index in [9.17, 15) is 19.5 Å². The van der Waals surface area contributed by atoms with Gasteiger partial charge >= 0.3 is 6.09 Å². The van der Waals surface area contributed by atoms with Crippen LogP contribution in [0.2, 0.25) is 0 Å². The minimum Gasteiger partial charge on any atom is -0.444 e. The number of nitrogens with one attached hydrogen (secondary N) is 2. The molecule has 2 aromatic carbocycles. The largest absolute Gasteiger partial charge is 0.444 e. The van der Waals surface area contributed by atoms with Gasteiger partial charge in [-0.3, -0.25) is 9.59 Å². The van der Waals surface area contributed by atoms with Crippen LogP contribution in [0.4, 0.5) is 4.79 Å². The van der Waals surface area contributed by atoms with Crippen LogP contribution in [0.5, 0.6) is 0 Å². The van der Waals surface area contributed by atoms with Crippen LogP contribution in [0.15, 0.2) is 54.6 Å². The summed E-state index contributed by atoms with van der Waals surface area (Å²) in [7, 11) is 1.47. The Morgan fingerprint density at radius 1 is 1.00 bits per heavy atom. The molecule has 2 atom stereocenters. The molecule has 8 nitrogen and oxygen atoms in total. The van der Waals surface area contributed by atoms with E-state index in [4.69, 9.17) is 4.74 Å². The van der Waals surface area contributed by atoms with Gasteiger partial charge in [0.05, 0.1) is 6.61 Å². The van der Waals surface area contributed by atoms with Crippen molar-refractivity contribution < 1.29 is 24.2 Å². The van der Waals surface area contributed by atoms with Crippen LogP contribution in [-0.4, -0.2) is 53.2 Å². The van der Waals surface area contributed by atoms with Gasteiger partial charge in [0.2, 0.25) is 11.8 Å². The molecule has 0 saturated carbocycles. The number of alkyl carbamates (subject to hydrolysis) is 1. The van der Waals surface area contributed by atoms with Crippen molar-refractivity contribution in [3.05, 3.63) is 71.3 Å². The predicted molar refractivity (Wildman–Crippen MR) is 130 cm³/mol. The van der Waals surface area contributed by atoms with Crippen LogP contribution >= 0.6 is 0 Å². The van der Waals surface area contributed by atoms with Crippen LogP contribution in [0, 0.1) is 0 Å². The molecular formula is C26H35N3O5. The second-order valence-corrected chi connectivity index (χ2v) is 9.03. The third-order valence-corrected chi connectivity index (χ3v) is 5.17. The van der Waals surface area contributed by atoms with Gasteiger partial charge in [-0.05, 0) is 43.9 Å². The number of hydrogen-bond donors (Lipinski definition) is 3. The minimum absolute atomic E-state index is 0.296. The monoisotopic (exact) mass is 469 g/mol. The molecule has 184 valence electrons. The summed E-state index contributed by atoms with van der Waals surface area (Å²) in [5, 5.41) is 15.1. The van der Waals surface area contributed by atoms with Crippen molar-refractivity contribution in [3.8, 4) is 0 Å². The Morgan fingerprint density at radius 3 is 2.15 bits per heavy atom. The number of benzene rings is 2. The Bertz CT molecular complexity index is 955. The number of nitrogens with zero attached hydrogens (tertiary/aromatic N) is 1. The maximum atomic E-state index is 13.3. The first-order valence-electron chi connectivity index (χ1n) is 11.3. The summed E-state index contributed by atoms with van der Waals surface area (Å²) < 4.78 is 5.19. The number of ether oxygens (including phenoxy) is 1. The molecule has 0 fully saturated rings. The summed E-state index contributed by atoms with van der Waals surface area (Å²) in [5.41, 5.74) is 1.87. The molecule has 0 aliphatic carbocycles. The molecule has 0 aromatic heterocycles. The van der Waals surface area contributed by atoms with Crippen molar-refractivity contribution in [1.82, 2.24) is 15.5 Å². The van der Waals surface area contributed by atoms with Crippen molar-refractivity contribution in [1.29, 1.82) is 0 Å². The zero-order chi connectivity index (χ0) is 25.3. The molecule has 0 spiro atoms. The molecule has 0 saturated heterocycles. The van der Waals surface area contributed by atoms with Crippen molar-refractivity contribution >= 4 is 17.9 Å². The number of aliphatic hydroxyl groups is 1. The van der Waals surface area contributed by atoms with Crippen molar-refractivity contribution in [3.63, 3.8) is 0 Å². The molecular weight excluding hydrogens is 434 g/mol. The number of aliphatic hydroxyl groups excluding tert-OH is 1. The lowest BCUT2D eigenvalue weighted by Gasteiger charge is -2.31. The van der Waals surface area contributed by atoms with Gasteiger partial charge in [-0.15, -0.1) is 0 Å². The Labute approximate surface area is 201 Å². The molecule has 0 aliphatic heterocycles. The second-order valence-electron chi connectivity index (χ2n) is 9.03. The van der Waals surface area contributed by atoms with Gasteiger partial charge in [-0.1, -0.05) is 61.5 Å². The van der Waals surface area contributed by atoms with E-state index < -0.39 is 36.3 Å². The molecule has 2 rings (SSSR count). The highest BCUT2D eigenvalue weighted by molar-refractivity contribution is 5.92. The van der Waals surface area contributed by atoms with Crippen LogP contribution < -0.4 is 10.6 Å². The van der Waals surface area contributed by atoms with E-state index in [0.717, 1.165) is 17.5 Å². The summed E-state index contributed by atoms with van der Waals surface area (Å²) in [6, 6.07) is 14.7. The van der Waals surface area contributed by atoms with E-state index in [1.165, 1.54) is 11.9 Å². The Hall–Kier alpha value is -3.39. The average Bonchev–Trinajstić information content (AvgIpc) is 2.80. The van der Waals surface area contributed by atoms with Crippen molar-refractivity contribution in [2.75, 3.05) is 13.7 Å². The zero-order valence-electron chi connectivity index (χ0n) is 20.5. The molecule has 2 unspecified atom stereocenters. The van der Waals surface area contributed by atoms with E-state index in [1.807, 2.05) is 61.5 Å². The first-order valence-corrected chi connectivity index (χ1v) is 11.3. The van der Waals surface area contributed by atoms with E-state index >= 15 is 0 Å². The maximum Gasteiger partial charge on any atom is 0.408 e. The highest BCUT2D eigenvalue weighted by atomic mass is 16.6. The third kappa shape index (κ3) is 7.88. The third-order valence-electron chi connectivity index (χ3n) is 5.17. The summed E-state index contributed by atoms with van der Waals surface area (Å²) in [4.78, 5) is 39.9. The lowest BCUT2D eigenvalue weighted by Crippen LogP contribution is -2.53. The first-order chi connectivity index (χ1) is 16.1. The summed E-state index contributed by atoms with van der Waals surface area (Å²) in [6.45, 7) is 6.77. The smallest absolute Gasteiger partial charge is 0.408 e. The molecule has 0 aliphatic rings. The highest BCUT2D eigenvalue weighted by Gasteiger charge is 2.33. The Morgan fingerprint density at radius 2 is 1.62 bits per heavy atom. The lowest BCUT2D eigenvalue weighted by molar-refractivity contribution is -0.141. The lowest BCUT2D eigenvalue weighted by atomic mass is 10.0. The molecule has 0 radical (unpaired) electrons. The second kappa shape index (κ2) is 12.2. The van der Waals surface area contributed by atoms with Gasteiger partial charge in [0, 0.05) is 13.6 Å². The molecule has 3 N–H and O–H groups in total. The summed E-state index contributed by atoms with van der Waals surface area (Å²) >= 11 is 0. The first kappa shape index (κ1) is 26.9. The SMILES string of the molecule is CCc1ccc(C(C(=O)NCc2ccccc2)N(C)C(=O)C(CO)NC(=O)OC(C)(C)C)cc1. The molecule has 34 heavy (non-hydrogen) atoms. The van der Waals surface area contributed by atoms with Crippen LogP contribution in [0.25, 0.3) is 0 Å². The molecule has 0 bridgehead atoms. The highest BCUT2D eigenvalue weighted by Crippen LogP contribution is 2.22. The van der Waals surface area contributed by atoms with Crippen LogP contribution in [0.3, 0.4) is 0 Å². The molecule has 2 aromatic rings. The quantitative estimate of drug-likeness (QED) is 0.523.